The number of pyridine rings is 1. The highest BCUT2D eigenvalue weighted by Gasteiger charge is 2.33. The lowest BCUT2D eigenvalue weighted by Gasteiger charge is -2.42. The van der Waals surface area contributed by atoms with Gasteiger partial charge in [0.15, 0.2) is 0 Å². The number of carbonyl (C=O) groups is 1. The van der Waals surface area contributed by atoms with Gasteiger partial charge in [0.25, 0.3) is 0 Å². The number of rotatable bonds is 4. The third kappa shape index (κ3) is 5.10. The van der Waals surface area contributed by atoms with Crippen LogP contribution in [0.25, 0.3) is 0 Å². The maximum atomic E-state index is 13.0. The Morgan fingerprint density at radius 2 is 1.96 bits per heavy atom. The van der Waals surface area contributed by atoms with Gasteiger partial charge in [0.1, 0.15) is 0 Å². The van der Waals surface area contributed by atoms with Crippen molar-refractivity contribution in [3.05, 3.63) is 30.1 Å². The van der Waals surface area contributed by atoms with Crippen molar-refractivity contribution in [3.63, 3.8) is 0 Å². The van der Waals surface area contributed by atoms with Gasteiger partial charge in [-0.15, -0.1) is 0 Å². The van der Waals surface area contributed by atoms with Gasteiger partial charge < -0.3 is 9.64 Å². The van der Waals surface area contributed by atoms with Gasteiger partial charge in [-0.25, -0.2) is 0 Å². The van der Waals surface area contributed by atoms with E-state index in [1.165, 1.54) is 18.4 Å². The van der Waals surface area contributed by atoms with Gasteiger partial charge in [-0.05, 0) is 63.4 Å². The summed E-state index contributed by atoms with van der Waals surface area (Å²) in [5.74, 6) is 0.546. The predicted molar refractivity (Wildman–Crippen MR) is 109 cm³/mol. The largest absolute Gasteiger partial charge is 0.380 e. The number of amides is 1. The van der Waals surface area contributed by atoms with Crippen molar-refractivity contribution >= 4 is 5.91 Å². The third-order valence-electron chi connectivity index (χ3n) is 6.54. The average Bonchev–Trinajstić information content (AvgIpc) is 3.04. The van der Waals surface area contributed by atoms with Crippen LogP contribution in [0.15, 0.2) is 24.5 Å². The van der Waals surface area contributed by atoms with Gasteiger partial charge in [0, 0.05) is 51.2 Å². The topological polar surface area (TPSA) is 48.9 Å². The van der Waals surface area contributed by atoms with E-state index in [1.54, 1.807) is 0 Å². The van der Waals surface area contributed by atoms with Crippen LogP contribution in [0.4, 0.5) is 0 Å². The summed E-state index contributed by atoms with van der Waals surface area (Å²) in [5.41, 5.74) is 1.30. The lowest BCUT2D eigenvalue weighted by molar-refractivity contribution is -0.137. The molecule has 3 aliphatic rings. The van der Waals surface area contributed by atoms with E-state index in [0.717, 1.165) is 71.7 Å². The van der Waals surface area contributed by atoms with Crippen LogP contribution in [0.5, 0.6) is 0 Å². The quantitative estimate of drug-likeness (QED) is 0.792. The summed E-state index contributed by atoms with van der Waals surface area (Å²) in [6, 6.07) is 4.81. The average molecular weight is 387 g/mol. The molecule has 28 heavy (non-hydrogen) atoms. The van der Waals surface area contributed by atoms with Crippen LogP contribution >= 0.6 is 0 Å². The molecule has 0 saturated carbocycles. The molecule has 4 rings (SSSR count). The Balaban J connectivity index is 1.26. The van der Waals surface area contributed by atoms with E-state index in [0.29, 0.717) is 18.6 Å². The summed E-state index contributed by atoms with van der Waals surface area (Å²) in [6.45, 7) is 8.48. The summed E-state index contributed by atoms with van der Waals surface area (Å²) < 4.78 is 5.52. The lowest BCUT2D eigenvalue weighted by Crippen LogP contribution is -2.51. The van der Waals surface area contributed by atoms with E-state index in [2.05, 4.69) is 25.8 Å². The molecule has 1 atom stereocenters. The van der Waals surface area contributed by atoms with Gasteiger partial charge >= 0.3 is 0 Å². The standard InChI is InChI=1S/C22H34N4O2/c27-22(25-10-3-14-28-15-13-25)20-5-2-9-26(18-20)21-6-11-24(12-7-21)17-19-4-1-8-23-16-19/h1,4,8,16,20-21H,2-3,5-7,9-15,17-18H2/t20-/m0/s1. The zero-order valence-electron chi connectivity index (χ0n) is 17.0. The number of carbonyl (C=O) groups excluding carboxylic acids is 1. The van der Waals surface area contributed by atoms with Crippen molar-refractivity contribution in [2.24, 2.45) is 5.92 Å². The lowest BCUT2D eigenvalue weighted by atomic mass is 9.92. The van der Waals surface area contributed by atoms with Crippen molar-refractivity contribution < 1.29 is 9.53 Å². The van der Waals surface area contributed by atoms with E-state index < -0.39 is 0 Å². The Labute approximate surface area is 168 Å². The SMILES string of the molecule is O=C([C@H]1CCCN(C2CCN(Cc3cccnc3)CC2)C1)N1CCCOCC1. The fraction of sp³-hybridized carbons (Fsp3) is 0.727. The predicted octanol–water partition coefficient (Wildman–Crippen LogP) is 2.01. The fourth-order valence-electron chi connectivity index (χ4n) is 4.96. The van der Waals surface area contributed by atoms with Gasteiger partial charge in [-0.1, -0.05) is 6.07 Å². The summed E-state index contributed by atoms with van der Waals surface area (Å²) in [7, 11) is 0. The molecule has 3 fully saturated rings. The van der Waals surface area contributed by atoms with Gasteiger partial charge in [0.05, 0.1) is 12.5 Å². The number of nitrogens with zero attached hydrogens (tertiary/aromatic N) is 4. The number of hydrogen-bond donors (Lipinski definition) is 0. The highest BCUT2D eigenvalue weighted by Crippen LogP contribution is 2.26. The Morgan fingerprint density at radius 3 is 2.79 bits per heavy atom. The first-order valence-corrected chi connectivity index (χ1v) is 11.0. The van der Waals surface area contributed by atoms with E-state index in [4.69, 9.17) is 4.74 Å². The van der Waals surface area contributed by atoms with E-state index in [1.807, 2.05) is 18.5 Å². The van der Waals surface area contributed by atoms with E-state index in [-0.39, 0.29) is 5.92 Å². The van der Waals surface area contributed by atoms with Gasteiger partial charge in [0.2, 0.25) is 5.91 Å². The zero-order chi connectivity index (χ0) is 19.2. The second-order valence-corrected chi connectivity index (χ2v) is 8.49. The van der Waals surface area contributed by atoms with Crippen LogP contribution < -0.4 is 0 Å². The molecule has 4 heterocycles. The number of ether oxygens (including phenoxy) is 1. The molecule has 3 saturated heterocycles. The van der Waals surface area contributed by atoms with Gasteiger partial charge in [-0.2, -0.15) is 0 Å². The molecule has 0 aliphatic carbocycles. The summed E-state index contributed by atoms with van der Waals surface area (Å²) in [4.78, 5) is 24.5. The minimum absolute atomic E-state index is 0.181. The van der Waals surface area contributed by atoms with Crippen LogP contribution in [0.1, 0.15) is 37.7 Å². The molecular weight excluding hydrogens is 352 g/mol. The summed E-state index contributed by atoms with van der Waals surface area (Å²) >= 11 is 0. The molecule has 1 amide bonds. The van der Waals surface area contributed by atoms with Crippen LogP contribution in [0, 0.1) is 5.92 Å². The number of piperidine rings is 2. The van der Waals surface area contributed by atoms with E-state index >= 15 is 0 Å². The number of aromatic nitrogens is 1. The first-order valence-electron chi connectivity index (χ1n) is 11.0. The summed E-state index contributed by atoms with van der Waals surface area (Å²) in [5, 5.41) is 0. The van der Waals surface area contributed by atoms with Crippen molar-refractivity contribution in [1.82, 2.24) is 19.7 Å². The van der Waals surface area contributed by atoms with Crippen molar-refractivity contribution in [2.75, 3.05) is 52.5 Å². The molecule has 154 valence electrons. The Morgan fingerprint density at radius 1 is 1.07 bits per heavy atom. The van der Waals surface area contributed by atoms with Crippen LogP contribution in [-0.2, 0) is 16.1 Å². The smallest absolute Gasteiger partial charge is 0.227 e. The Kier molecular flexibility index (Phi) is 6.94. The maximum absolute atomic E-state index is 13.0. The minimum atomic E-state index is 0.181. The Hall–Kier alpha value is -1.50. The zero-order valence-corrected chi connectivity index (χ0v) is 17.0. The molecule has 0 unspecified atom stereocenters. The second kappa shape index (κ2) is 9.81. The molecule has 6 heteroatoms. The number of likely N-dealkylation sites (tertiary alicyclic amines) is 2. The monoisotopic (exact) mass is 386 g/mol. The molecule has 0 spiro atoms. The fourth-order valence-corrected chi connectivity index (χ4v) is 4.96. The van der Waals surface area contributed by atoms with E-state index in [9.17, 15) is 4.79 Å². The van der Waals surface area contributed by atoms with Crippen LogP contribution in [-0.4, -0.2) is 84.1 Å². The molecule has 6 nitrogen and oxygen atoms in total. The molecule has 1 aromatic rings. The first-order chi connectivity index (χ1) is 13.8. The molecule has 0 bridgehead atoms. The highest BCUT2D eigenvalue weighted by atomic mass is 16.5. The van der Waals surface area contributed by atoms with Crippen LogP contribution in [0.2, 0.25) is 0 Å². The van der Waals surface area contributed by atoms with Crippen molar-refractivity contribution in [1.29, 1.82) is 0 Å². The highest BCUT2D eigenvalue weighted by molar-refractivity contribution is 5.79. The molecule has 3 aliphatic heterocycles. The summed E-state index contributed by atoms with van der Waals surface area (Å²) in [6.07, 6.45) is 9.39. The molecule has 0 aromatic carbocycles. The van der Waals surface area contributed by atoms with Crippen molar-refractivity contribution in [3.8, 4) is 0 Å². The third-order valence-corrected chi connectivity index (χ3v) is 6.54. The second-order valence-electron chi connectivity index (χ2n) is 8.49. The van der Waals surface area contributed by atoms with Crippen LogP contribution in [0.3, 0.4) is 0 Å². The normalized spacial score (nSPS) is 26.1. The van der Waals surface area contributed by atoms with Gasteiger partial charge in [-0.3, -0.25) is 19.6 Å². The molecule has 1 aromatic heterocycles. The molecule has 0 N–H and O–H groups in total. The molecule has 0 radical (unpaired) electrons. The molecular formula is C22H34N4O2. The minimum Gasteiger partial charge on any atom is -0.380 e. The maximum Gasteiger partial charge on any atom is 0.227 e. The number of hydrogen-bond acceptors (Lipinski definition) is 5. The van der Waals surface area contributed by atoms with Crippen molar-refractivity contribution in [2.45, 2.75) is 44.7 Å². The Bertz CT molecular complexity index is 610. The first kappa shape index (κ1) is 19.8.